The van der Waals surface area contributed by atoms with E-state index in [4.69, 9.17) is 36.8 Å². The van der Waals surface area contributed by atoms with E-state index in [1.54, 1.807) is 38.7 Å². The van der Waals surface area contributed by atoms with Crippen molar-refractivity contribution in [2.45, 2.75) is 139 Å². The van der Waals surface area contributed by atoms with Crippen LogP contribution < -0.4 is 30.9 Å². The Hall–Kier alpha value is -5.20. The number of hydrogen-bond acceptors (Lipinski definition) is 18. The molecular weight excluding hydrogens is 1050 g/mol. The van der Waals surface area contributed by atoms with Crippen molar-refractivity contribution in [2.75, 3.05) is 68.8 Å². The highest BCUT2D eigenvalue weighted by atomic mass is 35.5. The number of nitrogens with one attached hydrogen (secondary N) is 2. The van der Waals surface area contributed by atoms with Crippen molar-refractivity contribution in [3.05, 3.63) is 64.1 Å². The van der Waals surface area contributed by atoms with Crippen LogP contribution in [-0.2, 0) is 37.1 Å². The van der Waals surface area contributed by atoms with Gasteiger partial charge in [0.25, 0.3) is 0 Å². The summed E-state index contributed by atoms with van der Waals surface area (Å²) in [5.41, 5.74) is 10.6. The van der Waals surface area contributed by atoms with E-state index in [-0.39, 0.29) is 61.6 Å². The number of nitrogens with zero attached hydrogens (tertiary/aromatic N) is 8. The third-order valence-corrected chi connectivity index (χ3v) is 18.5. The Morgan fingerprint density at radius 1 is 1.00 bits per heavy atom. The topological polar surface area (TPSA) is 262 Å². The molecule has 9 rings (SSSR count). The smallest absolute Gasteiger partial charge is 0.246 e. The van der Waals surface area contributed by atoms with Crippen LogP contribution in [-0.4, -0.2) is 164 Å². The number of aliphatic hydroxyl groups excluding tert-OH is 3. The van der Waals surface area contributed by atoms with Crippen molar-refractivity contribution in [3.8, 4) is 16.2 Å². The van der Waals surface area contributed by atoms with Gasteiger partial charge < -0.3 is 60.8 Å². The summed E-state index contributed by atoms with van der Waals surface area (Å²) in [4.78, 5) is 82.0. The Bertz CT molecular complexity index is 2780. The third kappa shape index (κ3) is 12.5. The molecule has 5 aliphatic rings. The number of nitrogens with two attached hydrogens (primary N) is 1. The summed E-state index contributed by atoms with van der Waals surface area (Å²) < 4.78 is 12.7. The van der Waals surface area contributed by atoms with Gasteiger partial charge in [-0.25, -0.2) is 19.9 Å². The molecule has 5 fully saturated rings. The Morgan fingerprint density at radius 2 is 1.73 bits per heavy atom. The summed E-state index contributed by atoms with van der Waals surface area (Å²) in [5, 5.41) is 37.1. The molecule has 0 saturated carbocycles. The number of carbonyl (C=O) groups excluding carboxylic acids is 4. The van der Waals surface area contributed by atoms with E-state index in [0.29, 0.717) is 97.2 Å². The Morgan fingerprint density at radius 3 is 2.38 bits per heavy atom. The van der Waals surface area contributed by atoms with Crippen LogP contribution in [0.15, 0.2) is 52.1 Å². The predicted octanol–water partition coefficient (Wildman–Crippen LogP) is 4.32. The first kappa shape index (κ1) is 56.5. The number of pyridine rings is 1. The van der Waals surface area contributed by atoms with Gasteiger partial charge in [-0.2, -0.15) is 0 Å². The number of aliphatic hydroxyl groups is 3. The number of likely N-dealkylation sites (tertiary alicyclic amines) is 2. The summed E-state index contributed by atoms with van der Waals surface area (Å²) >= 11 is 9.96. The van der Waals surface area contributed by atoms with Crippen LogP contribution in [0.25, 0.3) is 10.4 Å². The molecule has 0 bridgehead atoms. The van der Waals surface area contributed by atoms with Crippen LogP contribution in [0.3, 0.4) is 0 Å². The Balaban J connectivity index is 0.785. The number of rotatable bonds is 15. The normalized spacial score (nSPS) is 22.6. The molecule has 4 aromatic rings. The van der Waals surface area contributed by atoms with E-state index in [2.05, 4.69) is 30.4 Å². The zero-order valence-electron chi connectivity index (χ0n) is 44.5. The number of halogens is 1. The van der Waals surface area contributed by atoms with E-state index in [9.17, 15) is 34.5 Å². The molecule has 0 radical (unpaired) electrons. The minimum absolute atomic E-state index is 0.00118. The number of carbonyl (C=O) groups is 4. The maximum atomic E-state index is 14.1. The monoisotopic (exact) mass is 1120 g/mol. The summed E-state index contributed by atoms with van der Waals surface area (Å²) in [6.07, 6.45) is 6.67. The van der Waals surface area contributed by atoms with Crippen molar-refractivity contribution in [3.63, 3.8) is 0 Å². The molecule has 77 heavy (non-hydrogen) atoms. The van der Waals surface area contributed by atoms with Gasteiger partial charge in [-0.3, -0.25) is 19.2 Å². The van der Waals surface area contributed by atoms with E-state index in [1.807, 2.05) is 43.0 Å². The second kappa shape index (κ2) is 24.0. The number of aromatic nitrogens is 4. The summed E-state index contributed by atoms with van der Waals surface area (Å²) in [6, 6.07) is 5.66. The number of β-amino-alcohol motifs (C(OH)–C–C–N with tert-alkyl or cyclic N) is 1. The zero-order valence-corrected chi connectivity index (χ0v) is 46.8. The average molecular weight is 1120 g/mol. The highest BCUT2D eigenvalue weighted by Gasteiger charge is 2.48. The van der Waals surface area contributed by atoms with Crippen molar-refractivity contribution < 1.29 is 44.0 Å². The average Bonchev–Trinajstić information content (AvgIpc) is 4.13. The molecule has 5 atom stereocenters. The van der Waals surface area contributed by atoms with Crippen molar-refractivity contribution in [2.24, 2.45) is 22.5 Å². The lowest BCUT2D eigenvalue weighted by molar-refractivity contribution is -0.144. The molecule has 3 aromatic heterocycles. The van der Waals surface area contributed by atoms with E-state index in [0.717, 1.165) is 47.0 Å². The molecule has 1 aromatic carbocycles. The summed E-state index contributed by atoms with van der Waals surface area (Å²) in [7, 11) is 0. The summed E-state index contributed by atoms with van der Waals surface area (Å²) in [6.45, 7) is 12.7. The molecular formula is C54H72ClN11O9S2. The van der Waals surface area contributed by atoms with Crippen molar-refractivity contribution >= 4 is 70.0 Å². The molecule has 4 amide bonds. The fraction of sp³-hybridized carbons (Fsp3) is 0.593. The maximum absolute atomic E-state index is 14.1. The van der Waals surface area contributed by atoms with Gasteiger partial charge in [-0.15, -0.1) is 11.3 Å². The molecule has 23 heteroatoms. The maximum Gasteiger partial charge on any atom is 0.246 e. The van der Waals surface area contributed by atoms with E-state index < -0.39 is 47.9 Å². The minimum atomic E-state index is -1.04. The van der Waals surface area contributed by atoms with Gasteiger partial charge in [-0.05, 0) is 62.6 Å². The van der Waals surface area contributed by atoms with Crippen LogP contribution >= 0.6 is 34.7 Å². The summed E-state index contributed by atoms with van der Waals surface area (Å²) in [5.74, 6) is 0.204. The lowest BCUT2D eigenvalue weighted by Gasteiger charge is -2.41. The van der Waals surface area contributed by atoms with E-state index >= 15 is 0 Å². The van der Waals surface area contributed by atoms with Gasteiger partial charge in [-0.1, -0.05) is 56.3 Å². The van der Waals surface area contributed by atoms with Gasteiger partial charge in [0.2, 0.25) is 23.6 Å². The standard InChI is InChI=1S/C54H72ClN11O9S2/c1-31-45(76-30-60-31)34-6-7-35(24-59-50(71)39-23-36(69)26-66(39)52(73)47(53(3,4)5)62-42(70)28-68)40(22-34)75-37-11-18-65(19-12-37)51(72)33-9-16-63(17-10-33)49-44(55)41(8-15-57-49)77-43-25-58-48(38(27-67)61-43)64-20-13-54(14-21-64)29-74-32(2)46(54)56/h6-8,15,22,25,30,32-33,36-37,39,46-47,67-69H,9-14,16-21,23-24,26-29,56H2,1-5H3,(H,59,71)(H,62,70)/t32-,36+,39-,46+,47+/m0/s1. The first-order chi connectivity index (χ1) is 36.9. The zero-order chi connectivity index (χ0) is 54.8. The number of ether oxygens (including phenoxy) is 2. The van der Waals surface area contributed by atoms with Gasteiger partial charge in [0.05, 0.1) is 52.7 Å². The third-order valence-electron chi connectivity index (χ3n) is 16.1. The predicted molar refractivity (Wildman–Crippen MR) is 292 cm³/mol. The number of amides is 4. The molecule has 5 saturated heterocycles. The van der Waals surface area contributed by atoms with Crippen LogP contribution in [0.1, 0.15) is 89.6 Å². The molecule has 7 N–H and O–H groups in total. The Kier molecular flexibility index (Phi) is 17.6. The molecule has 8 heterocycles. The number of benzene rings is 1. The minimum Gasteiger partial charge on any atom is -0.490 e. The molecule has 5 aliphatic heterocycles. The van der Waals surface area contributed by atoms with Crippen LogP contribution in [0.5, 0.6) is 5.75 Å². The van der Waals surface area contributed by atoms with Crippen LogP contribution in [0.4, 0.5) is 11.6 Å². The fourth-order valence-electron chi connectivity index (χ4n) is 11.4. The first-order valence-corrected chi connectivity index (χ1v) is 28.7. The molecule has 1 spiro atoms. The van der Waals surface area contributed by atoms with Gasteiger partial charge in [0.15, 0.2) is 5.82 Å². The van der Waals surface area contributed by atoms with Crippen molar-refractivity contribution in [1.29, 1.82) is 0 Å². The lowest BCUT2D eigenvalue weighted by atomic mass is 9.73. The Labute approximate surface area is 462 Å². The van der Waals surface area contributed by atoms with Gasteiger partial charge in [0.1, 0.15) is 47.1 Å². The number of piperidine rings is 3. The van der Waals surface area contributed by atoms with Gasteiger partial charge in [0, 0.05) is 106 Å². The number of anilines is 2. The fourth-order valence-corrected chi connectivity index (χ4v) is 13.4. The first-order valence-electron chi connectivity index (χ1n) is 26.7. The van der Waals surface area contributed by atoms with Gasteiger partial charge >= 0.3 is 0 Å². The highest BCUT2D eigenvalue weighted by molar-refractivity contribution is 7.99. The second-order valence-electron chi connectivity index (χ2n) is 22.2. The van der Waals surface area contributed by atoms with Crippen LogP contribution in [0.2, 0.25) is 5.02 Å². The molecule has 20 nitrogen and oxygen atoms in total. The SMILES string of the molecule is Cc1ncsc1-c1ccc(CNC(=O)[C@@H]2C[C@@H](O)CN2C(=O)[C@@H](NC(=O)CO)C(C)(C)C)c(OC2CCN(C(=O)C3CCN(c4nccc(Sc5cnc(N6CCC7(CC6)CO[C@@H](C)[C@H]7N)c(CO)n5)c4Cl)CC3)CC2)c1. The number of hydrogen-bond donors (Lipinski definition) is 6. The quantitative estimate of drug-likeness (QED) is 0.0968. The molecule has 416 valence electrons. The van der Waals surface area contributed by atoms with Crippen molar-refractivity contribution in [1.82, 2.24) is 40.4 Å². The van der Waals surface area contributed by atoms with Crippen LogP contribution in [0, 0.1) is 23.7 Å². The lowest BCUT2D eigenvalue weighted by Crippen LogP contribution is -2.58. The largest absolute Gasteiger partial charge is 0.490 e. The second-order valence-corrected chi connectivity index (χ2v) is 24.5. The van der Waals surface area contributed by atoms with E-state index in [1.165, 1.54) is 28.0 Å². The molecule has 0 aliphatic carbocycles. The number of aryl methyl sites for hydroxylation is 1. The number of thiazole rings is 1. The highest BCUT2D eigenvalue weighted by Crippen LogP contribution is 2.43. The molecule has 0 unspecified atom stereocenters.